The molecule has 88 valence electrons. The lowest BCUT2D eigenvalue weighted by Crippen LogP contribution is -2.14. The number of alkyl halides is 4. The number of carbonyl (C=O) groups excluding carboxylic acids is 1. The number of benzene rings is 1. The van der Waals surface area contributed by atoms with E-state index in [0.717, 1.165) is 6.07 Å². The van der Waals surface area contributed by atoms with Crippen molar-refractivity contribution < 1.29 is 18.0 Å². The van der Waals surface area contributed by atoms with Crippen LogP contribution in [0.4, 0.5) is 13.2 Å². The lowest BCUT2D eigenvalue weighted by molar-refractivity contribution is -0.138. The Morgan fingerprint density at radius 2 is 2.00 bits per heavy atom. The molecule has 0 heterocycles. The Labute approximate surface area is 104 Å². The van der Waals surface area contributed by atoms with Crippen molar-refractivity contribution in [1.29, 1.82) is 0 Å². The molecule has 1 atom stereocenters. The van der Waals surface area contributed by atoms with E-state index in [-0.39, 0.29) is 10.0 Å². The standard InChI is InChI=1S/C10H7BrClF3O/c1-5(12)9(16)6-3-2-4-7(8(6)11)10(13,14)15/h2-5H,1H3. The molecular weight excluding hydrogens is 308 g/mol. The minimum absolute atomic E-state index is 0.0580. The SMILES string of the molecule is CC(Cl)C(=O)c1cccc(C(F)(F)F)c1Br. The van der Waals surface area contributed by atoms with Gasteiger partial charge in [0.25, 0.3) is 0 Å². The van der Waals surface area contributed by atoms with Gasteiger partial charge in [0.15, 0.2) is 5.78 Å². The molecular formula is C10H7BrClF3O. The third-order valence-electron chi connectivity index (χ3n) is 1.93. The van der Waals surface area contributed by atoms with Gasteiger partial charge in [-0.15, -0.1) is 11.6 Å². The highest BCUT2D eigenvalue weighted by Gasteiger charge is 2.34. The van der Waals surface area contributed by atoms with Crippen LogP contribution in [0.15, 0.2) is 22.7 Å². The Morgan fingerprint density at radius 3 is 2.44 bits per heavy atom. The lowest BCUT2D eigenvalue weighted by Gasteiger charge is -2.12. The van der Waals surface area contributed by atoms with Gasteiger partial charge < -0.3 is 0 Å². The Hall–Kier alpha value is -0.550. The van der Waals surface area contributed by atoms with Gasteiger partial charge in [-0.1, -0.05) is 12.1 Å². The van der Waals surface area contributed by atoms with Crippen LogP contribution in [-0.4, -0.2) is 11.2 Å². The normalized spacial score (nSPS) is 13.6. The summed E-state index contributed by atoms with van der Waals surface area (Å²) in [7, 11) is 0. The molecule has 1 nitrogen and oxygen atoms in total. The third kappa shape index (κ3) is 2.77. The molecule has 1 rings (SSSR count). The average Bonchev–Trinajstić information content (AvgIpc) is 2.15. The van der Waals surface area contributed by atoms with Gasteiger partial charge in [0.1, 0.15) is 0 Å². The maximum atomic E-state index is 12.5. The summed E-state index contributed by atoms with van der Waals surface area (Å²) in [5, 5.41) is -0.861. The van der Waals surface area contributed by atoms with E-state index in [1.807, 2.05) is 0 Å². The van der Waals surface area contributed by atoms with Gasteiger partial charge in [0.05, 0.1) is 10.9 Å². The zero-order valence-corrected chi connectivity index (χ0v) is 10.4. The van der Waals surface area contributed by atoms with E-state index in [2.05, 4.69) is 15.9 Å². The van der Waals surface area contributed by atoms with E-state index in [0.29, 0.717) is 0 Å². The number of Topliss-reactive ketones (excluding diaryl/α,β-unsaturated/α-hetero) is 1. The van der Waals surface area contributed by atoms with Gasteiger partial charge in [-0.25, -0.2) is 0 Å². The smallest absolute Gasteiger partial charge is 0.292 e. The summed E-state index contributed by atoms with van der Waals surface area (Å²) in [6, 6.07) is 3.39. The second-order valence-electron chi connectivity index (χ2n) is 3.15. The van der Waals surface area contributed by atoms with Crippen molar-refractivity contribution >= 4 is 33.3 Å². The van der Waals surface area contributed by atoms with Gasteiger partial charge in [0.2, 0.25) is 0 Å². The Kier molecular flexibility index (Phi) is 4.02. The molecule has 0 aromatic heterocycles. The lowest BCUT2D eigenvalue weighted by atomic mass is 10.1. The first-order valence-corrected chi connectivity index (χ1v) is 5.52. The predicted molar refractivity (Wildman–Crippen MR) is 58.8 cm³/mol. The first kappa shape index (κ1) is 13.5. The number of carbonyl (C=O) groups is 1. The fourth-order valence-electron chi connectivity index (χ4n) is 1.16. The van der Waals surface area contributed by atoms with E-state index in [9.17, 15) is 18.0 Å². The largest absolute Gasteiger partial charge is 0.417 e. The van der Waals surface area contributed by atoms with Crippen LogP contribution in [0.3, 0.4) is 0 Å². The van der Waals surface area contributed by atoms with E-state index in [1.165, 1.54) is 19.1 Å². The summed E-state index contributed by atoms with van der Waals surface area (Å²) >= 11 is 8.34. The van der Waals surface area contributed by atoms with Crippen LogP contribution in [0.25, 0.3) is 0 Å². The van der Waals surface area contributed by atoms with Crippen molar-refractivity contribution in [2.45, 2.75) is 18.5 Å². The molecule has 0 saturated heterocycles. The van der Waals surface area contributed by atoms with Crippen LogP contribution in [0.5, 0.6) is 0 Å². The summed E-state index contributed by atoms with van der Waals surface area (Å²) in [6.07, 6.45) is -4.50. The maximum Gasteiger partial charge on any atom is 0.417 e. The first-order valence-electron chi connectivity index (χ1n) is 4.29. The summed E-state index contributed by atoms with van der Waals surface area (Å²) < 4.78 is 37.3. The van der Waals surface area contributed by atoms with Crippen molar-refractivity contribution in [2.75, 3.05) is 0 Å². The van der Waals surface area contributed by atoms with Gasteiger partial charge in [-0.3, -0.25) is 4.79 Å². The fraction of sp³-hybridized carbons (Fsp3) is 0.300. The van der Waals surface area contributed by atoms with Crippen LogP contribution < -0.4 is 0 Å². The monoisotopic (exact) mass is 314 g/mol. The maximum absolute atomic E-state index is 12.5. The topological polar surface area (TPSA) is 17.1 Å². The van der Waals surface area contributed by atoms with Crippen LogP contribution in [0, 0.1) is 0 Å². The van der Waals surface area contributed by atoms with E-state index in [1.54, 1.807) is 0 Å². The van der Waals surface area contributed by atoms with Crippen LogP contribution in [-0.2, 0) is 6.18 Å². The van der Waals surface area contributed by atoms with Crippen molar-refractivity contribution in [2.24, 2.45) is 0 Å². The molecule has 16 heavy (non-hydrogen) atoms. The number of halogens is 5. The Morgan fingerprint density at radius 1 is 1.44 bits per heavy atom. The molecule has 1 aromatic rings. The number of rotatable bonds is 2. The molecule has 0 aliphatic heterocycles. The molecule has 1 aromatic carbocycles. The quantitative estimate of drug-likeness (QED) is 0.588. The second kappa shape index (κ2) is 4.75. The molecule has 0 bridgehead atoms. The van der Waals surface area contributed by atoms with E-state index >= 15 is 0 Å². The highest BCUT2D eigenvalue weighted by molar-refractivity contribution is 9.10. The average molecular weight is 316 g/mol. The zero-order chi connectivity index (χ0) is 12.5. The Bertz CT molecular complexity index is 415. The number of ketones is 1. The molecule has 6 heteroatoms. The number of hydrogen-bond acceptors (Lipinski definition) is 1. The molecule has 1 unspecified atom stereocenters. The van der Waals surface area contributed by atoms with Crippen molar-refractivity contribution in [1.82, 2.24) is 0 Å². The van der Waals surface area contributed by atoms with Gasteiger partial charge in [0, 0.05) is 10.0 Å². The van der Waals surface area contributed by atoms with Crippen LogP contribution in [0.1, 0.15) is 22.8 Å². The molecule has 0 amide bonds. The van der Waals surface area contributed by atoms with Crippen molar-refractivity contribution in [3.05, 3.63) is 33.8 Å². The second-order valence-corrected chi connectivity index (χ2v) is 4.59. The highest BCUT2D eigenvalue weighted by Crippen LogP contribution is 2.36. The molecule has 0 radical (unpaired) electrons. The van der Waals surface area contributed by atoms with E-state index in [4.69, 9.17) is 11.6 Å². The summed E-state index contributed by atoms with van der Waals surface area (Å²) in [4.78, 5) is 11.5. The minimum Gasteiger partial charge on any atom is -0.292 e. The minimum atomic E-state index is -4.50. The Balaban J connectivity index is 3.30. The third-order valence-corrected chi connectivity index (χ3v) is 2.98. The van der Waals surface area contributed by atoms with Gasteiger partial charge in [-0.2, -0.15) is 13.2 Å². The summed E-state index contributed by atoms with van der Waals surface area (Å²) in [6.45, 7) is 1.41. The van der Waals surface area contributed by atoms with Crippen LogP contribution >= 0.6 is 27.5 Å². The van der Waals surface area contributed by atoms with E-state index < -0.39 is 22.9 Å². The number of hydrogen-bond donors (Lipinski definition) is 0. The molecule has 0 aliphatic rings. The molecule has 0 aliphatic carbocycles. The molecule has 0 N–H and O–H groups in total. The molecule has 0 spiro atoms. The first-order chi connectivity index (χ1) is 7.25. The summed E-state index contributed by atoms with van der Waals surface area (Å²) in [5.41, 5.74) is -0.937. The van der Waals surface area contributed by atoms with Crippen molar-refractivity contribution in [3.8, 4) is 0 Å². The fourth-order valence-corrected chi connectivity index (χ4v) is 1.96. The van der Waals surface area contributed by atoms with Crippen LogP contribution in [0.2, 0.25) is 0 Å². The summed E-state index contributed by atoms with van der Waals surface area (Å²) in [5.74, 6) is -0.542. The van der Waals surface area contributed by atoms with Gasteiger partial charge in [-0.05, 0) is 28.9 Å². The van der Waals surface area contributed by atoms with Gasteiger partial charge >= 0.3 is 6.18 Å². The molecule has 0 saturated carbocycles. The highest BCUT2D eigenvalue weighted by atomic mass is 79.9. The molecule has 0 fully saturated rings. The predicted octanol–water partition coefficient (Wildman–Crippen LogP) is 4.28. The van der Waals surface area contributed by atoms with Crippen molar-refractivity contribution in [3.63, 3.8) is 0 Å². The zero-order valence-electron chi connectivity index (χ0n) is 8.11.